The van der Waals surface area contributed by atoms with Gasteiger partial charge in [-0.1, -0.05) is 0 Å². The quantitative estimate of drug-likeness (QED) is 0.807. The molecule has 5 nitrogen and oxygen atoms in total. The van der Waals surface area contributed by atoms with Crippen molar-refractivity contribution < 1.29 is 19.4 Å². The standard InChI is InChI=1S/C13H25NO4/c1-13(2,3)18-12(16)14-8-10-4-6-17-7-5-11(10)9-15/h10-11,15H,4-9H2,1-3H3,(H,14,16)/t10-,11-/m0/s1. The third kappa shape index (κ3) is 5.69. The zero-order valence-corrected chi connectivity index (χ0v) is 11.6. The van der Waals surface area contributed by atoms with E-state index < -0.39 is 11.7 Å². The van der Waals surface area contributed by atoms with Crippen LogP contribution in [0.4, 0.5) is 4.79 Å². The van der Waals surface area contributed by atoms with E-state index in [4.69, 9.17) is 9.47 Å². The number of carbonyl (C=O) groups is 1. The van der Waals surface area contributed by atoms with E-state index in [1.165, 1.54) is 0 Å². The summed E-state index contributed by atoms with van der Waals surface area (Å²) >= 11 is 0. The van der Waals surface area contributed by atoms with E-state index in [-0.39, 0.29) is 18.4 Å². The molecule has 5 heteroatoms. The van der Waals surface area contributed by atoms with Crippen LogP contribution in [-0.4, -0.2) is 43.2 Å². The Hall–Kier alpha value is -0.810. The van der Waals surface area contributed by atoms with Gasteiger partial charge >= 0.3 is 6.09 Å². The molecular formula is C13H25NO4. The molecule has 0 spiro atoms. The van der Waals surface area contributed by atoms with Crippen LogP contribution < -0.4 is 5.32 Å². The molecule has 0 radical (unpaired) electrons. The van der Waals surface area contributed by atoms with Crippen molar-refractivity contribution in [3.8, 4) is 0 Å². The molecule has 1 aliphatic heterocycles. The normalized spacial score (nSPS) is 25.3. The Balaban J connectivity index is 2.37. The number of ether oxygens (including phenoxy) is 2. The summed E-state index contributed by atoms with van der Waals surface area (Å²) in [5, 5.41) is 12.1. The molecule has 0 bridgehead atoms. The van der Waals surface area contributed by atoms with Gasteiger partial charge in [-0.05, 0) is 45.4 Å². The Morgan fingerprint density at radius 2 is 1.94 bits per heavy atom. The SMILES string of the molecule is CC(C)(C)OC(=O)NC[C@@H]1CCOCC[C@H]1CO. The maximum atomic E-state index is 11.6. The van der Waals surface area contributed by atoms with Crippen molar-refractivity contribution >= 4 is 6.09 Å². The van der Waals surface area contributed by atoms with Crippen molar-refractivity contribution in [3.05, 3.63) is 0 Å². The molecule has 0 aromatic carbocycles. The molecule has 1 amide bonds. The van der Waals surface area contributed by atoms with E-state index in [2.05, 4.69) is 5.32 Å². The molecule has 0 unspecified atom stereocenters. The Morgan fingerprint density at radius 3 is 2.50 bits per heavy atom. The second kappa shape index (κ2) is 6.95. The molecule has 106 valence electrons. The van der Waals surface area contributed by atoms with Crippen molar-refractivity contribution in [2.45, 2.75) is 39.2 Å². The second-order valence-corrected chi connectivity index (χ2v) is 5.78. The van der Waals surface area contributed by atoms with Crippen LogP contribution in [0.5, 0.6) is 0 Å². The predicted octanol–water partition coefficient (Wildman–Crippen LogP) is 1.55. The first-order chi connectivity index (χ1) is 8.42. The predicted molar refractivity (Wildman–Crippen MR) is 68.4 cm³/mol. The van der Waals surface area contributed by atoms with Crippen LogP contribution >= 0.6 is 0 Å². The number of hydrogen-bond donors (Lipinski definition) is 2. The largest absolute Gasteiger partial charge is 0.444 e. The van der Waals surface area contributed by atoms with E-state index in [0.717, 1.165) is 12.8 Å². The summed E-state index contributed by atoms with van der Waals surface area (Å²) in [5.41, 5.74) is -0.479. The smallest absolute Gasteiger partial charge is 0.407 e. The van der Waals surface area contributed by atoms with E-state index in [1.807, 2.05) is 20.8 Å². The van der Waals surface area contributed by atoms with Crippen molar-refractivity contribution in [2.75, 3.05) is 26.4 Å². The van der Waals surface area contributed by atoms with Gasteiger partial charge in [0.05, 0.1) is 0 Å². The lowest BCUT2D eigenvalue weighted by Gasteiger charge is -2.24. The first-order valence-electron chi connectivity index (χ1n) is 6.58. The first-order valence-corrected chi connectivity index (χ1v) is 6.58. The number of amides is 1. The van der Waals surface area contributed by atoms with Crippen LogP contribution in [-0.2, 0) is 9.47 Å². The summed E-state index contributed by atoms with van der Waals surface area (Å²) in [6, 6.07) is 0. The summed E-state index contributed by atoms with van der Waals surface area (Å²) in [6.07, 6.45) is 1.31. The molecule has 1 rings (SSSR count). The Labute approximate surface area is 109 Å². The minimum absolute atomic E-state index is 0.143. The molecule has 2 N–H and O–H groups in total. The molecular weight excluding hydrogens is 234 g/mol. The van der Waals surface area contributed by atoms with Gasteiger partial charge in [0, 0.05) is 26.4 Å². The molecule has 1 fully saturated rings. The fourth-order valence-corrected chi connectivity index (χ4v) is 2.08. The maximum Gasteiger partial charge on any atom is 0.407 e. The Bertz CT molecular complexity index is 262. The highest BCUT2D eigenvalue weighted by Crippen LogP contribution is 2.22. The topological polar surface area (TPSA) is 67.8 Å². The number of alkyl carbamates (subject to hydrolysis) is 1. The molecule has 1 saturated heterocycles. The van der Waals surface area contributed by atoms with Gasteiger partial charge in [0.1, 0.15) is 5.60 Å². The number of rotatable bonds is 3. The molecule has 1 aliphatic rings. The van der Waals surface area contributed by atoms with Gasteiger partial charge < -0.3 is 19.9 Å². The number of carbonyl (C=O) groups excluding carboxylic acids is 1. The van der Waals surface area contributed by atoms with Gasteiger partial charge in [0.15, 0.2) is 0 Å². The molecule has 0 aliphatic carbocycles. The Morgan fingerprint density at radius 1 is 1.33 bits per heavy atom. The van der Waals surface area contributed by atoms with Crippen molar-refractivity contribution in [1.82, 2.24) is 5.32 Å². The van der Waals surface area contributed by atoms with Crippen LogP contribution in [0.2, 0.25) is 0 Å². The van der Waals surface area contributed by atoms with Crippen LogP contribution in [0.1, 0.15) is 33.6 Å². The highest BCUT2D eigenvalue weighted by molar-refractivity contribution is 5.67. The zero-order chi connectivity index (χ0) is 13.6. The van der Waals surface area contributed by atoms with E-state index in [1.54, 1.807) is 0 Å². The van der Waals surface area contributed by atoms with Crippen LogP contribution in [0.3, 0.4) is 0 Å². The third-order valence-electron chi connectivity index (χ3n) is 3.07. The fraction of sp³-hybridized carbons (Fsp3) is 0.923. The molecule has 1 heterocycles. The van der Waals surface area contributed by atoms with Crippen LogP contribution in [0, 0.1) is 11.8 Å². The van der Waals surface area contributed by atoms with Gasteiger partial charge in [-0.15, -0.1) is 0 Å². The van der Waals surface area contributed by atoms with Gasteiger partial charge in [-0.25, -0.2) is 4.79 Å². The Kier molecular flexibility index (Phi) is 5.88. The lowest BCUT2D eigenvalue weighted by molar-refractivity contribution is 0.0504. The van der Waals surface area contributed by atoms with Gasteiger partial charge in [-0.2, -0.15) is 0 Å². The zero-order valence-electron chi connectivity index (χ0n) is 11.6. The highest BCUT2D eigenvalue weighted by atomic mass is 16.6. The minimum Gasteiger partial charge on any atom is -0.444 e. The van der Waals surface area contributed by atoms with Crippen molar-refractivity contribution in [3.63, 3.8) is 0 Å². The molecule has 0 aromatic heterocycles. The average Bonchev–Trinajstić information content (AvgIpc) is 2.48. The van der Waals surface area contributed by atoms with Crippen molar-refractivity contribution in [2.24, 2.45) is 11.8 Å². The van der Waals surface area contributed by atoms with Gasteiger partial charge in [0.25, 0.3) is 0 Å². The summed E-state index contributed by atoms with van der Waals surface area (Å²) in [6.45, 7) is 7.56. The third-order valence-corrected chi connectivity index (χ3v) is 3.07. The van der Waals surface area contributed by atoms with Crippen LogP contribution in [0.15, 0.2) is 0 Å². The van der Waals surface area contributed by atoms with E-state index in [0.29, 0.717) is 19.8 Å². The summed E-state index contributed by atoms with van der Waals surface area (Å²) in [5.74, 6) is 0.451. The average molecular weight is 259 g/mol. The second-order valence-electron chi connectivity index (χ2n) is 5.78. The number of nitrogens with one attached hydrogen (secondary N) is 1. The number of aliphatic hydroxyl groups is 1. The minimum atomic E-state index is -0.479. The van der Waals surface area contributed by atoms with Crippen molar-refractivity contribution in [1.29, 1.82) is 0 Å². The molecule has 0 saturated carbocycles. The van der Waals surface area contributed by atoms with Gasteiger partial charge in [-0.3, -0.25) is 0 Å². The maximum absolute atomic E-state index is 11.6. The van der Waals surface area contributed by atoms with Gasteiger partial charge in [0.2, 0.25) is 0 Å². The molecule has 0 aromatic rings. The summed E-state index contributed by atoms with van der Waals surface area (Å²) in [7, 11) is 0. The highest BCUT2D eigenvalue weighted by Gasteiger charge is 2.24. The summed E-state index contributed by atoms with van der Waals surface area (Å²) in [4.78, 5) is 11.6. The molecule has 2 atom stereocenters. The summed E-state index contributed by atoms with van der Waals surface area (Å²) < 4.78 is 10.6. The number of aliphatic hydroxyl groups excluding tert-OH is 1. The van der Waals surface area contributed by atoms with Crippen LogP contribution in [0.25, 0.3) is 0 Å². The lowest BCUT2D eigenvalue weighted by atomic mass is 9.88. The van der Waals surface area contributed by atoms with E-state index >= 15 is 0 Å². The number of hydrogen-bond acceptors (Lipinski definition) is 4. The first kappa shape index (κ1) is 15.2. The monoisotopic (exact) mass is 259 g/mol. The lowest BCUT2D eigenvalue weighted by Crippen LogP contribution is -2.37. The molecule has 18 heavy (non-hydrogen) atoms. The fourth-order valence-electron chi connectivity index (χ4n) is 2.08. The van der Waals surface area contributed by atoms with E-state index in [9.17, 15) is 9.90 Å².